The summed E-state index contributed by atoms with van der Waals surface area (Å²) >= 11 is 0. The molecule has 3 N–H and O–H groups in total. The predicted octanol–water partition coefficient (Wildman–Crippen LogP) is -0.116. The largest absolute Gasteiger partial charge is 0.654 e. The van der Waals surface area contributed by atoms with Crippen molar-refractivity contribution in [1.82, 2.24) is 0 Å². The van der Waals surface area contributed by atoms with Gasteiger partial charge in [0.1, 0.15) is 0 Å². The van der Waals surface area contributed by atoms with Gasteiger partial charge in [0.2, 0.25) is 0 Å². The van der Waals surface area contributed by atoms with Crippen LogP contribution in [0, 0.1) is 0 Å². The quantitative estimate of drug-likeness (QED) is 0.231. The number of hydrogen-bond donors (Lipinski definition) is 3. The van der Waals surface area contributed by atoms with Crippen LogP contribution in [0.25, 0.3) is 0 Å². The van der Waals surface area contributed by atoms with Crippen LogP contribution in [0.4, 0.5) is 26.3 Å². The number of halogens is 6. The van der Waals surface area contributed by atoms with Crippen molar-refractivity contribution in [3.05, 3.63) is 0 Å². The average Bonchev–Trinajstić information content (AvgIpc) is 2.53. The number of phosphoric acid groups is 1. The zero-order valence-electron chi connectivity index (χ0n) is 12.6. The molecule has 0 atom stereocenters. The summed E-state index contributed by atoms with van der Waals surface area (Å²) in [5, 5.41) is 24.1. The number of carboxylic acids is 3. The van der Waals surface area contributed by atoms with E-state index < -0.39 is 61.4 Å². The molecule has 0 saturated carbocycles. The van der Waals surface area contributed by atoms with Gasteiger partial charge in [0.25, 0.3) is 0 Å². The van der Waals surface area contributed by atoms with Crippen LogP contribution >= 0.6 is 7.82 Å². The zero-order chi connectivity index (χ0) is 23.6. The molecule has 0 bridgehead atoms. The Balaban J connectivity index is 6.10. The van der Waals surface area contributed by atoms with Crippen LogP contribution in [0.15, 0.2) is 0 Å². The van der Waals surface area contributed by atoms with Crippen molar-refractivity contribution >= 4 is 43.6 Å². The summed E-state index contributed by atoms with van der Waals surface area (Å²) in [5.74, 6) is -38.1. The summed E-state index contributed by atoms with van der Waals surface area (Å²) in [6, 6.07) is 0. The average molecular weight is 464 g/mol. The Hall–Kier alpha value is -3.37. The second-order valence-corrected chi connectivity index (χ2v) is 5.66. The standard InChI is InChI=1S/C9H3F6O13P/c10-7(11,1(16)17)4(22)26-29(25,27-5(23)8(12,13)2(18)19)28-6(24)9(14,15)3(20)21/h(H,16,17)(H,18,19)(H,20,21). The molecule has 29 heavy (non-hydrogen) atoms. The highest BCUT2D eigenvalue weighted by atomic mass is 31.2. The van der Waals surface area contributed by atoms with Gasteiger partial charge in [0.05, 0.1) is 0 Å². The lowest BCUT2D eigenvalue weighted by Gasteiger charge is -2.20. The third-order valence-electron chi connectivity index (χ3n) is 2.16. The minimum Gasteiger partial charge on any atom is -0.476 e. The fourth-order valence-electron chi connectivity index (χ4n) is 0.794. The van der Waals surface area contributed by atoms with Gasteiger partial charge in [0, 0.05) is 0 Å². The lowest BCUT2D eigenvalue weighted by molar-refractivity contribution is -0.186. The summed E-state index contributed by atoms with van der Waals surface area (Å²) in [5.41, 5.74) is 0. The van der Waals surface area contributed by atoms with E-state index >= 15 is 0 Å². The van der Waals surface area contributed by atoms with Gasteiger partial charge in [-0.05, 0) is 0 Å². The third kappa shape index (κ3) is 5.56. The van der Waals surface area contributed by atoms with E-state index in [9.17, 15) is 59.7 Å². The molecule has 0 aliphatic rings. The number of carbonyl (C=O) groups excluding carboxylic acids is 3. The van der Waals surface area contributed by atoms with Crippen molar-refractivity contribution < 1.29 is 88.6 Å². The van der Waals surface area contributed by atoms with Gasteiger partial charge in [-0.1, -0.05) is 0 Å². The van der Waals surface area contributed by atoms with E-state index in [1.54, 1.807) is 0 Å². The number of alkyl halides is 6. The summed E-state index contributed by atoms with van der Waals surface area (Å²) in [6.45, 7) is 0. The number of carboxylic acid groups (broad SMARTS) is 3. The first-order valence-corrected chi connectivity index (χ1v) is 7.33. The van der Waals surface area contributed by atoms with Crippen LogP contribution in [-0.4, -0.2) is 68.9 Å². The summed E-state index contributed by atoms with van der Waals surface area (Å²) in [7, 11) is -7.07. The second-order valence-electron chi connectivity index (χ2n) is 4.22. The highest BCUT2D eigenvalue weighted by molar-refractivity contribution is 7.50. The van der Waals surface area contributed by atoms with Crippen molar-refractivity contribution in [2.24, 2.45) is 0 Å². The van der Waals surface area contributed by atoms with Crippen molar-refractivity contribution in [3.8, 4) is 0 Å². The van der Waals surface area contributed by atoms with E-state index in [-0.39, 0.29) is 0 Å². The maximum atomic E-state index is 12.9. The van der Waals surface area contributed by atoms with Gasteiger partial charge in [-0.15, -0.1) is 0 Å². The van der Waals surface area contributed by atoms with Crippen molar-refractivity contribution in [2.75, 3.05) is 0 Å². The van der Waals surface area contributed by atoms with Gasteiger partial charge in [-0.2, -0.15) is 30.9 Å². The SMILES string of the molecule is O=C(O)C(F)(F)C(=O)OP(=O)(OC(=O)C(F)(F)C(=O)O)OC(=O)C(F)(F)C(=O)O. The molecule has 0 saturated heterocycles. The minimum absolute atomic E-state index is 2.90. The highest BCUT2D eigenvalue weighted by Crippen LogP contribution is 2.53. The van der Waals surface area contributed by atoms with E-state index in [2.05, 4.69) is 13.6 Å². The Kier molecular flexibility index (Phi) is 7.01. The zero-order valence-corrected chi connectivity index (χ0v) is 13.5. The Morgan fingerprint density at radius 2 is 0.724 bits per heavy atom. The number of rotatable bonds is 9. The first kappa shape index (κ1) is 25.6. The smallest absolute Gasteiger partial charge is 0.476 e. The maximum absolute atomic E-state index is 12.9. The molecule has 0 aliphatic heterocycles. The van der Waals surface area contributed by atoms with E-state index in [0.29, 0.717) is 0 Å². The van der Waals surface area contributed by atoms with E-state index in [1.165, 1.54) is 0 Å². The molecule has 0 unspecified atom stereocenters. The lowest BCUT2D eigenvalue weighted by Crippen LogP contribution is -2.42. The number of hydrogen-bond acceptors (Lipinski definition) is 10. The molecule has 20 heteroatoms. The predicted molar refractivity (Wildman–Crippen MR) is 63.6 cm³/mol. The molecule has 0 aromatic heterocycles. The Morgan fingerprint density at radius 1 is 0.552 bits per heavy atom. The Bertz CT molecular complexity index is 715. The first-order chi connectivity index (χ1) is 12.7. The molecule has 164 valence electrons. The Morgan fingerprint density at radius 3 is 0.862 bits per heavy atom. The van der Waals surface area contributed by atoms with Gasteiger partial charge in [-0.3, -0.25) is 0 Å². The third-order valence-corrected chi connectivity index (χ3v) is 3.33. The summed E-state index contributed by atoms with van der Waals surface area (Å²) in [4.78, 5) is 63.2. The van der Waals surface area contributed by atoms with E-state index in [4.69, 9.17) is 15.3 Å². The van der Waals surface area contributed by atoms with Gasteiger partial charge in [-0.25, -0.2) is 28.8 Å². The molecule has 0 heterocycles. The summed E-state index contributed by atoms with van der Waals surface area (Å²) < 4.78 is 97.9. The molecular formula is C9H3F6O13P. The van der Waals surface area contributed by atoms with Crippen LogP contribution in [0.1, 0.15) is 0 Å². The van der Waals surface area contributed by atoms with Gasteiger partial charge >= 0.3 is 61.4 Å². The second kappa shape index (κ2) is 7.94. The first-order valence-electron chi connectivity index (χ1n) is 5.87. The molecule has 0 radical (unpaired) electrons. The van der Waals surface area contributed by atoms with Crippen LogP contribution in [0.2, 0.25) is 0 Å². The topological polar surface area (TPSA) is 208 Å². The van der Waals surface area contributed by atoms with Crippen LogP contribution < -0.4 is 0 Å². The molecule has 0 spiro atoms. The van der Waals surface area contributed by atoms with E-state index in [0.717, 1.165) is 0 Å². The van der Waals surface area contributed by atoms with Crippen molar-refractivity contribution in [2.45, 2.75) is 17.8 Å². The molecule has 0 aromatic rings. The van der Waals surface area contributed by atoms with Gasteiger partial charge < -0.3 is 28.9 Å². The van der Waals surface area contributed by atoms with Crippen molar-refractivity contribution in [1.29, 1.82) is 0 Å². The lowest BCUT2D eigenvalue weighted by atomic mass is 10.3. The molecule has 0 fully saturated rings. The van der Waals surface area contributed by atoms with Crippen LogP contribution in [-0.2, 0) is 46.9 Å². The number of phosphoric ester groups is 1. The van der Waals surface area contributed by atoms with Gasteiger partial charge in [0.15, 0.2) is 0 Å². The maximum Gasteiger partial charge on any atom is 0.654 e. The fraction of sp³-hybridized carbons (Fsp3) is 0.333. The van der Waals surface area contributed by atoms with Crippen LogP contribution in [0.3, 0.4) is 0 Å². The number of aliphatic carboxylic acids is 3. The van der Waals surface area contributed by atoms with Crippen LogP contribution in [0.5, 0.6) is 0 Å². The van der Waals surface area contributed by atoms with Crippen molar-refractivity contribution in [3.63, 3.8) is 0 Å². The minimum atomic E-state index is -7.07. The van der Waals surface area contributed by atoms with E-state index in [1.807, 2.05) is 0 Å². The Labute approximate surface area is 151 Å². The summed E-state index contributed by atoms with van der Waals surface area (Å²) in [6.07, 6.45) is 0. The normalized spacial score (nSPS) is 12.5. The monoisotopic (exact) mass is 464 g/mol. The number of carbonyl (C=O) groups is 6. The highest BCUT2D eigenvalue weighted by Gasteiger charge is 2.60. The molecule has 0 aromatic carbocycles. The molecule has 0 rings (SSSR count). The molecular weight excluding hydrogens is 461 g/mol. The molecule has 13 nitrogen and oxygen atoms in total. The molecule has 0 amide bonds. The molecule has 0 aliphatic carbocycles. The fourth-order valence-corrected chi connectivity index (χ4v) is 1.86.